The van der Waals surface area contributed by atoms with Gasteiger partial charge in [0.15, 0.2) is 0 Å². The molecule has 0 aliphatic heterocycles. The Morgan fingerprint density at radius 2 is 2.31 bits per heavy atom. The maximum atomic E-state index is 11.7. The first-order valence-corrected chi connectivity index (χ1v) is 7.05. The molecule has 0 unspecified atom stereocenters. The van der Waals surface area contributed by atoms with Crippen molar-refractivity contribution in [3.8, 4) is 0 Å². The maximum Gasteiger partial charge on any atom is 0.339 e. The lowest BCUT2D eigenvalue weighted by Gasteiger charge is -2.07. The molecule has 3 nitrogen and oxygen atoms in total. The zero-order valence-corrected chi connectivity index (χ0v) is 11.4. The van der Waals surface area contributed by atoms with Crippen LogP contribution in [0.15, 0.2) is 22.7 Å². The van der Waals surface area contributed by atoms with Crippen molar-refractivity contribution in [2.75, 3.05) is 24.3 Å². The lowest BCUT2D eigenvalue weighted by Crippen LogP contribution is -2.08. The summed E-state index contributed by atoms with van der Waals surface area (Å²) < 4.78 is 5.73. The third kappa shape index (κ3) is 3.72. The largest absolute Gasteiger partial charge is 0.462 e. The molecule has 0 aliphatic rings. The van der Waals surface area contributed by atoms with E-state index in [0.717, 1.165) is 12.2 Å². The molecule has 0 saturated heterocycles. The summed E-state index contributed by atoms with van der Waals surface area (Å²) in [5.74, 6) is 0.658. The minimum absolute atomic E-state index is 0.333. The Hall–Kier alpha value is -0.680. The fraction of sp³-hybridized carbons (Fsp3) is 0.364. The Bertz CT molecular complexity index is 371. The number of ether oxygens (including phenoxy) is 1. The van der Waals surface area contributed by atoms with Gasteiger partial charge in [-0.15, -0.1) is 0 Å². The molecule has 0 spiro atoms. The summed E-state index contributed by atoms with van der Waals surface area (Å²) in [4.78, 5) is 11.7. The first kappa shape index (κ1) is 13.4. The Morgan fingerprint density at radius 1 is 1.56 bits per heavy atom. The lowest BCUT2D eigenvalue weighted by atomic mass is 10.2. The number of carbonyl (C=O) groups excluding carboxylic acids is 1. The highest BCUT2D eigenvalue weighted by molar-refractivity contribution is 9.10. The van der Waals surface area contributed by atoms with Gasteiger partial charge < -0.3 is 10.5 Å². The number of esters is 1. The van der Waals surface area contributed by atoms with Gasteiger partial charge in [-0.1, -0.05) is 6.07 Å². The van der Waals surface area contributed by atoms with E-state index in [1.165, 1.54) is 0 Å². The van der Waals surface area contributed by atoms with Crippen molar-refractivity contribution in [2.24, 2.45) is 0 Å². The van der Waals surface area contributed by atoms with Crippen molar-refractivity contribution in [3.05, 3.63) is 28.2 Å². The molecule has 1 rings (SSSR count). The Balaban J connectivity index is 2.56. The minimum Gasteiger partial charge on any atom is -0.462 e. The molecule has 1 aromatic rings. The van der Waals surface area contributed by atoms with Crippen molar-refractivity contribution >= 4 is 39.3 Å². The van der Waals surface area contributed by atoms with Gasteiger partial charge in [-0.25, -0.2) is 4.79 Å². The average Bonchev–Trinajstić information content (AvgIpc) is 2.28. The molecule has 0 aliphatic carbocycles. The van der Waals surface area contributed by atoms with Gasteiger partial charge in [0.2, 0.25) is 0 Å². The number of benzene rings is 1. The van der Waals surface area contributed by atoms with E-state index in [9.17, 15) is 4.79 Å². The van der Waals surface area contributed by atoms with E-state index in [4.69, 9.17) is 10.5 Å². The fourth-order valence-electron chi connectivity index (χ4n) is 1.15. The molecule has 88 valence electrons. The number of hydrogen-bond donors (Lipinski definition) is 1. The second-order valence-electron chi connectivity index (χ2n) is 3.19. The lowest BCUT2D eigenvalue weighted by molar-refractivity contribution is 0.0505. The van der Waals surface area contributed by atoms with Crippen LogP contribution >= 0.6 is 27.7 Å². The highest BCUT2D eigenvalue weighted by atomic mass is 79.9. The van der Waals surface area contributed by atoms with Crippen LogP contribution in [-0.4, -0.2) is 24.6 Å². The molecule has 16 heavy (non-hydrogen) atoms. The van der Waals surface area contributed by atoms with E-state index >= 15 is 0 Å². The number of nitrogen functional groups attached to an aromatic ring is 1. The molecular formula is C11H14BrNO2S. The molecular weight excluding hydrogens is 290 g/mol. The average molecular weight is 304 g/mol. The van der Waals surface area contributed by atoms with E-state index in [1.54, 1.807) is 30.0 Å². The number of halogens is 1. The van der Waals surface area contributed by atoms with Crippen molar-refractivity contribution in [3.63, 3.8) is 0 Å². The van der Waals surface area contributed by atoms with Gasteiger partial charge in [-0.05, 0) is 46.5 Å². The van der Waals surface area contributed by atoms with Crippen molar-refractivity contribution in [1.29, 1.82) is 0 Å². The molecule has 0 atom stereocenters. The Morgan fingerprint density at radius 3 is 3.00 bits per heavy atom. The molecule has 5 heteroatoms. The normalized spacial score (nSPS) is 10.1. The Labute approximate surface area is 108 Å². The quantitative estimate of drug-likeness (QED) is 0.516. The van der Waals surface area contributed by atoms with Gasteiger partial charge in [0, 0.05) is 5.69 Å². The summed E-state index contributed by atoms with van der Waals surface area (Å²) in [6.07, 6.45) is 2.89. The molecule has 0 heterocycles. The van der Waals surface area contributed by atoms with E-state index in [1.807, 2.05) is 6.26 Å². The van der Waals surface area contributed by atoms with E-state index in [0.29, 0.717) is 22.3 Å². The minimum atomic E-state index is -0.333. The first-order chi connectivity index (χ1) is 7.66. The molecule has 0 fully saturated rings. The van der Waals surface area contributed by atoms with Crippen LogP contribution in [0.5, 0.6) is 0 Å². The highest BCUT2D eigenvalue weighted by Crippen LogP contribution is 2.24. The summed E-state index contributed by atoms with van der Waals surface area (Å²) in [5.41, 5.74) is 6.69. The van der Waals surface area contributed by atoms with Crippen molar-refractivity contribution in [2.45, 2.75) is 6.42 Å². The first-order valence-electron chi connectivity index (χ1n) is 4.87. The van der Waals surface area contributed by atoms with Gasteiger partial charge in [-0.2, -0.15) is 11.8 Å². The van der Waals surface area contributed by atoms with Gasteiger partial charge in [0.25, 0.3) is 0 Å². The van der Waals surface area contributed by atoms with Gasteiger partial charge >= 0.3 is 5.97 Å². The molecule has 0 bridgehead atoms. The summed E-state index contributed by atoms with van der Waals surface area (Å²) in [7, 11) is 0. The smallest absolute Gasteiger partial charge is 0.339 e. The third-order valence-corrected chi connectivity index (χ3v) is 3.56. The molecule has 0 aromatic heterocycles. The molecule has 2 N–H and O–H groups in total. The molecule has 0 radical (unpaired) electrons. The number of carbonyl (C=O) groups is 1. The zero-order chi connectivity index (χ0) is 12.0. The number of hydrogen-bond acceptors (Lipinski definition) is 4. The summed E-state index contributed by atoms with van der Waals surface area (Å²) in [5, 5.41) is 0. The predicted octanol–water partition coefficient (Wildman–Crippen LogP) is 2.94. The van der Waals surface area contributed by atoms with Crippen LogP contribution in [0.3, 0.4) is 0 Å². The van der Waals surface area contributed by atoms with Gasteiger partial charge in [-0.3, -0.25) is 0 Å². The van der Waals surface area contributed by atoms with Crippen LogP contribution in [0.25, 0.3) is 0 Å². The number of nitrogens with two attached hydrogens (primary N) is 1. The van der Waals surface area contributed by atoms with Crippen LogP contribution in [0.2, 0.25) is 0 Å². The van der Waals surface area contributed by atoms with E-state index < -0.39 is 0 Å². The summed E-state index contributed by atoms with van der Waals surface area (Å²) in [6.45, 7) is 0.445. The zero-order valence-electron chi connectivity index (χ0n) is 9.03. The van der Waals surface area contributed by atoms with Crippen LogP contribution in [0.4, 0.5) is 5.69 Å². The topological polar surface area (TPSA) is 52.3 Å². The van der Waals surface area contributed by atoms with E-state index in [2.05, 4.69) is 15.9 Å². The van der Waals surface area contributed by atoms with E-state index in [-0.39, 0.29) is 5.97 Å². The fourth-order valence-corrected chi connectivity index (χ4v) is 1.99. The van der Waals surface area contributed by atoms with Crippen LogP contribution < -0.4 is 5.73 Å². The second kappa shape index (κ2) is 6.81. The molecule has 0 saturated carbocycles. The van der Waals surface area contributed by atoms with Crippen LogP contribution in [-0.2, 0) is 4.74 Å². The van der Waals surface area contributed by atoms with Gasteiger partial charge in [0.05, 0.1) is 16.6 Å². The summed E-state index contributed by atoms with van der Waals surface area (Å²) >= 11 is 5.01. The molecule has 1 aromatic carbocycles. The van der Waals surface area contributed by atoms with Crippen molar-refractivity contribution in [1.82, 2.24) is 0 Å². The number of anilines is 1. The maximum absolute atomic E-state index is 11.7. The standard InChI is InChI=1S/C11H14BrNO2S/c1-16-7-3-6-15-11(14)8-4-2-5-9(13)10(8)12/h2,4-5H,3,6-7,13H2,1H3. The summed E-state index contributed by atoms with van der Waals surface area (Å²) in [6, 6.07) is 5.16. The predicted molar refractivity (Wildman–Crippen MR) is 71.8 cm³/mol. The van der Waals surface area contributed by atoms with Crippen LogP contribution in [0, 0.1) is 0 Å². The van der Waals surface area contributed by atoms with Crippen LogP contribution in [0.1, 0.15) is 16.8 Å². The van der Waals surface area contributed by atoms with Crippen molar-refractivity contribution < 1.29 is 9.53 Å². The number of thioether (sulfide) groups is 1. The second-order valence-corrected chi connectivity index (χ2v) is 4.97. The SMILES string of the molecule is CSCCCOC(=O)c1cccc(N)c1Br. The highest BCUT2D eigenvalue weighted by Gasteiger charge is 2.12. The monoisotopic (exact) mass is 303 g/mol. The molecule has 0 amide bonds. The van der Waals surface area contributed by atoms with Gasteiger partial charge in [0.1, 0.15) is 0 Å². The third-order valence-electron chi connectivity index (χ3n) is 1.97. The Kier molecular flexibility index (Phi) is 5.69. The number of rotatable bonds is 5.